The largest absolute Gasteiger partial charge is 0.513 e. The number of aryl methyl sites for hydroxylation is 1. The van der Waals surface area contributed by atoms with Crippen LogP contribution in [0.2, 0.25) is 0 Å². The number of likely N-dealkylation sites (N-methyl/N-ethyl adjacent to an activating group) is 1. The van der Waals surface area contributed by atoms with Crippen LogP contribution in [-0.2, 0) is 10.2 Å². The summed E-state index contributed by atoms with van der Waals surface area (Å²) in [7, 11) is 0. The van der Waals surface area contributed by atoms with E-state index in [9.17, 15) is 4.79 Å². The second kappa shape index (κ2) is 8.75. The second-order valence-electron chi connectivity index (χ2n) is 7.39. The number of hydrogen-bond acceptors (Lipinski definition) is 4. The van der Waals surface area contributed by atoms with Crippen LogP contribution in [0, 0.1) is 6.92 Å². The quantitative estimate of drug-likeness (QED) is 0.518. The van der Waals surface area contributed by atoms with E-state index in [2.05, 4.69) is 57.7 Å². The minimum Gasteiger partial charge on any atom is -0.432 e. The van der Waals surface area contributed by atoms with Crippen molar-refractivity contribution in [2.45, 2.75) is 40.0 Å². The third-order valence-corrected chi connectivity index (χ3v) is 4.25. The lowest BCUT2D eigenvalue weighted by Crippen LogP contribution is -2.28. The molecule has 2 rings (SSSR count). The SMILES string of the molecule is CCN(CCOC(=O)Oc1ccc(C(C)(C)C)cc1)c1cccc(C)c1. The van der Waals surface area contributed by atoms with E-state index in [1.165, 1.54) is 11.1 Å². The number of anilines is 1. The van der Waals surface area contributed by atoms with Crippen molar-refractivity contribution in [2.24, 2.45) is 0 Å². The maximum Gasteiger partial charge on any atom is 0.513 e. The zero-order valence-electron chi connectivity index (χ0n) is 16.4. The summed E-state index contributed by atoms with van der Waals surface area (Å²) in [6, 6.07) is 15.8. The van der Waals surface area contributed by atoms with Gasteiger partial charge in [0.25, 0.3) is 0 Å². The maximum atomic E-state index is 11.9. The highest BCUT2D eigenvalue weighted by Gasteiger charge is 2.14. The van der Waals surface area contributed by atoms with Gasteiger partial charge >= 0.3 is 6.16 Å². The van der Waals surface area contributed by atoms with Gasteiger partial charge in [-0.1, -0.05) is 45.0 Å². The van der Waals surface area contributed by atoms with Crippen LogP contribution in [-0.4, -0.2) is 25.9 Å². The van der Waals surface area contributed by atoms with Gasteiger partial charge in [-0.05, 0) is 54.7 Å². The Balaban J connectivity index is 1.83. The Morgan fingerprint density at radius 3 is 2.35 bits per heavy atom. The third kappa shape index (κ3) is 5.80. The Bertz CT molecular complexity index is 717. The van der Waals surface area contributed by atoms with Crippen LogP contribution in [0.15, 0.2) is 48.5 Å². The van der Waals surface area contributed by atoms with Crippen molar-refractivity contribution < 1.29 is 14.3 Å². The standard InChI is InChI=1S/C22H29NO3/c1-6-23(19-9-7-8-17(2)16-19)14-15-25-21(24)26-20-12-10-18(11-13-20)22(3,4)5/h7-13,16H,6,14-15H2,1-5H3. The minimum absolute atomic E-state index is 0.0679. The maximum absolute atomic E-state index is 11.9. The van der Waals surface area contributed by atoms with Crippen molar-refractivity contribution in [3.63, 3.8) is 0 Å². The molecule has 0 aliphatic rings. The van der Waals surface area contributed by atoms with Crippen LogP contribution >= 0.6 is 0 Å². The zero-order chi connectivity index (χ0) is 19.2. The fraction of sp³-hybridized carbons (Fsp3) is 0.409. The number of carbonyl (C=O) groups excluding carboxylic acids is 1. The van der Waals surface area contributed by atoms with Crippen molar-refractivity contribution in [1.29, 1.82) is 0 Å². The average molecular weight is 355 g/mol. The molecule has 0 fully saturated rings. The van der Waals surface area contributed by atoms with Gasteiger partial charge in [-0.25, -0.2) is 4.79 Å². The van der Waals surface area contributed by atoms with E-state index in [1.54, 1.807) is 12.1 Å². The summed E-state index contributed by atoms with van der Waals surface area (Å²) in [5.74, 6) is 0.494. The van der Waals surface area contributed by atoms with Gasteiger partial charge in [0.1, 0.15) is 12.4 Å². The lowest BCUT2D eigenvalue weighted by molar-refractivity contribution is 0.101. The molecule has 0 N–H and O–H groups in total. The predicted molar refractivity (Wildman–Crippen MR) is 106 cm³/mol. The van der Waals surface area contributed by atoms with Crippen molar-refractivity contribution in [3.05, 3.63) is 59.7 Å². The molecule has 2 aromatic rings. The molecule has 0 aliphatic heterocycles. The second-order valence-corrected chi connectivity index (χ2v) is 7.39. The molecule has 0 aliphatic carbocycles. The molecular weight excluding hydrogens is 326 g/mol. The van der Waals surface area contributed by atoms with E-state index < -0.39 is 6.16 Å². The fourth-order valence-corrected chi connectivity index (χ4v) is 2.68. The number of hydrogen-bond donors (Lipinski definition) is 0. The number of ether oxygens (including phenoxy) is 2. The summed E-state index contributed by atoms with van der Waals surface area (Å²) in [4.78, 5) is 14.1. The molecule has 26 heavy (non-hydrogen) atoms. The van der Waals surface area contributed by atoms with Crippen LogP contribution in [0.1, 0.15) is 38.8 Å². The first kappa shape index (κ1) is 19.8. The summed E-state index contributed by atoms with van der Waals surface area (Å²) in [5.41, 5.74) is 3.59. The first-order valence-electron chi connectivity index (χ1n) is 9.06. The number of nitrogens with zero attached hydrogens (tertiary/aromatic N) is 1. The molecular formula is C22H29NO3. The smallest absolute Gasteiger partial charge is 0.432 e. The van der Waals surface area contributed by atoms with E-state index in [0.29, 0.717) is 12.3 Å². The summed E-state index contributed by atoms with van der Waals surface area (Å²) in [6.45, 7) is 12.3. The molecule has 140 valence electrons. The van der Waals surface area contributed by atoms with Crippen molar-refractivity contribution in [3.8, 4) is 5.75 Å². The molecule has 0 amide bonds. The summed E-state index contributed by atoms with van der Waals surface area (Å²) in [6.07, 6.45) is -0.672. The average Bonchev–Trinajstić information content (AvgIpc) is 2.58. The molecule has 0 saturated heterocycles. The third-order valence-electron chi connectivity index (χ3n) is 4.25. The van der Waals surface area contributed by atoms with E-state index in [4.69, 9.17) is 9.47 Å². The molecule has 0 saturated carbocycles. The van der Waals surface area contributed by atoms with Gasteiger partial charge < -0.3 is 14.4 Å². The summed E-state index contributed by atoms with van der Waals surface area (Å²) < 4.78 is 10.5. The zero-order valence-corrected chi connectivity index (χ0v) is 16.4. The van der Waals surface area contributed by atoms with Crippen molar-refractivity contribution in [2.75, 3.05) is 24.6 Å². The lowest BCUT2D eigenvalue weighted by atomic mass is 9.87. The number of benzene rings is 2. The van der Waals surface area contributed by atoms with Gasteiger partial charge in [-0.15, -0.1) is 0 Å². The lowest BCUT2D eigenvalue weighted by Gasteiger charge is -2.23. The van der Waals surface area contributed by atoms with Crippen LogP contribution < -0.4 is 9.64 Å². The van der Waals surface area contributed by atoms with E-state index in [-0.39, 0.29) is 12.0 Å². The van der Waals surface area contributed by atoms with E-state index >= 15 is 0 Å². The van der Waals surface area contributed by atoms with Crippen molar-refractivity contribution in [1.82, 2.24) is 0 Å². The Kier molecular flexibility index (Phi) is 6.67. The summed E-state index contributed by atoms with van der Waals surface area (Å²) >= 11 is 0. The first-order chi connectivity index (χ1) is 12.3. The molecule has 0 heterocycles. The molecule has 0 unspecified atom stereocenters. The van der Waals surface area contributed by atoms with E-state index in [0.717, 1.165) is 12.2 Å². The normalized spacial score (nSPS) is 11.1. The molecule has 0 atom stereocenters. The molecule has 0 spiro atoms. The highest BCUT2D eigenvalue weighted by Crippen LogP contribution is 2.24. The van der Waals surface area contributed by atoms with Gasteiger partial charge in [-0.2, -0.15) is 0 Å². The molecule has 4 nitrogen and oxygen atoms in total. The van der Waals surface area contributed by atoms with Gasteiger partial charge in [-0.3, -0.25) is 0 Å². The van der Waals surface area contributed by atoms with Crippen molar-refractivity contribution >= 4 is 11.8 Å². The van der Waals surface area contributed by atoms with Crippen LogP contribution in [0.25, 0.3) is 0 Å². The number of carbonyl (C=O) groups is 1. The first-order valence-corrected chi connectivity index (χ1v) is 9.06. The van der Waals surface area contributed by atoms with E-state index in [1.807, 2.05) is 18.2 Å². The fourth-order valence-electron chi connectivity index (χ4n) is 2.68. The Hall–Kier alpha value is -2.49. The highest BCUT2D eigenvalue weighted by molar-refractivity contribution is 5.63. The van der Waals surface area contributed by atoms with Gasteiger partial charge in [0, 0.05) is 12.2 Å². The Morgan fingerprint density at radius 1 is 1.08 bits per heavy atom. The molecule has 0 aromatic heterocycles. The van der Waals surface area contributed by atoms with Crippen LogP contribution in [0.3, 0.4) is 0 Å². The minimum atomic E-state index is -0.672. The van der Waals surface area contributed by atoms with Crippen LogP contribution in [0.4, 0.5) is 10.5 Å². The molecule has 0 bridgehead atoms. The summed E-state index contributed by atoms with van der Waals surface area (Å²) in [5, 5.41) is 0. The van der Waals surface area contributed by atoms with Crippen LogP contribution in [0.5, 0.6) is 5.75 Å². The molecule has 2 aromatic carbocycles. The Labute approximate surface area is 156 Å². The van der Waals surface area contributed by atoms with Gasteiger partial charge in [0.15, 0.2) is 0 Å². The monoisotopic (exact) mass is 355 g/mol. The highest BCUT2D eigenvalue weighted by atomic mass is 16.7. The number of rotatable bonds is 6. The Morgan fingerprint density at radius 2 is 1.77 bits per heavy atom. The van der Waals surface area contributed by atoms with Gasteiger partial charge in [0.2, 0.25) is 0 Å². The topological polar surface area (TPSA) is 38.8 Å². The predicted octanol–water partition coefficient (Wildman–Crippen LogP) is 5.33. The van der Waals surface area contributed by atoms with Gasteiger partial charge in [0.05, 0.1) is 6.54 Å². The molecule has 0 radical (unpaired) electrons. The molecule has 4 heteroatoms.